The van der Waals surface area contributed by atoms with Gasteiger partial charge >= 0.3 is 5.97 Å². The van der Waals surface area contributed by atoms with Crippen molar-refractivity contribution < 1.29 is 34.2 Å². The molecule has 13 nitrogen and oxygen atoms in total. The van der Waals surface area contributed by atoms with Crippen LogP contribution in [0.3, 0.4) is 0 Å². The maximum atomic E-state index is 14.0. The van der Waals surface area contributed by atoms with Crippen LogP contribution in [-0.4, -0.2) is 139 Å². The van der Waals surface area contributed by atoms with E-state index in [0.717, 1.165) is 16.2 Å². The number of piperazine rings is 2. The predicted octanol–water partition coefficient (Wildman–Crippen LogP) is -1.97. The van der Waals surface area contributed by atoms with Gasteiger partial charge in [-0.05, 0) is 31.0 Å². The summed E-state index contributed by atoms with van der Waals surface area (Å²) in [4.78, 5) is 72.0. The second-order valence-electron chi connectivity index (χ2n) is 10.3. The summed E-state index contributed by atoms with van der Waals surface area (Å²) in [6, 6.07) is -3.37. The molecule has 3 N–H and O–H groups in total. The Morgan fingerprint density at radius 1 is 1.16 bits per heavy atom. The molecule has 3 unspecified atom stereocenters. The number of rotatable bonds is 6. The summed E-state index contributed by atoms with van der Waals surface area (Å²) in [6.07, 6.45) is 1.92. The molecule has 38 heavy (non-hydrogen) atoms. The Balaban J connectivity index is 1.76. The molecule has 4 heterocycles. The van der Waals surface area contributed by atoms with Gasteiger partial charge in [-0.1, -0.05) is 19.9 Å². The Morgan fingerprint density at radius 2 is 1.87 bits per heavy atom. The third-order valence-electron chi connectivity index (χ3n) is 7.69. The van der Waals surface area contributed by atoms with E-state index in [1.807, 2.05) is 18.7 Å². The molecule has 0 radical (unpaired) electrons. The molecule has 0 saturated carbocycles. The van der Waals surface area contributed by atoms with E-state index < -0.39 is 60.4 Å². The van der Waals surface area contributed by atoms with E-state index in [9.17, 15) is 34.2 Å². The first-order valence-corrected chi connectivity index (χ1v) is 13.1. The molecule has 0 aromatic carbocycles. The number of hydrogen-bond donors (Lipinski definition) is 3. The van der Waals surface area contributed by atoms with Gasteiger partial charge in [0.2, 0.25) is 23.6 Å². The molecular formula is C24H34N6O7S. The lowest BCUT2D eigenvalue weighted by molar-refractivity contribution is -0.176. The number of carboxylic acids is 1. The Morgan fingerprint density at radius 3 is 2.47 bits per heavy atom. The number of amides is 4. The Kier molecular flexibility index (Phi) is 8.04. The molecule has 4 fully saturated rings. The summed E-state index contributed by atoms with van der Waals surface area (Å²) in [5.74, 6) is -3.66. The number of fused-ring (bicyclic) bond motifs is 1. The van der Waals surface area contributed by atoms with Gasteiger partial charge in [-0.3, -0.25) is 34.2 Å². The molecule has 0 bridgehead atoms. The van der Waals surface area contributed by atoms with Gasteiger partial charge in [0, 0.05) is 6.54 Å². The minimum Gasteiger partial charge on any atom is -0.480 e. The Bertz CT molecular complexity index is 1050. The predicted molar refractivity (Wildman–Crippen MR) is 137 cm³/mol. The minimum atomic E-state index is -1.25. The number of nitrogens with zero attached hydrogens (tertiary/aromatic N) is 5. The van der Waals surface area contributed by atoms with Crippen LogP contribution < -0.4 is 5.32 Å². The average molecular weight is 551 g/mol. The number of carbonyl (C=O) groups excluding carboxylic acids is 4. The van der Waals surface area contributed by atoms with Gasteiger partial charge in [-0.15, -0.1) is 6.58 Å². The fourth-order valence-corrected chi connectivity index (χ4v) is 6.24. The zero-order chi connectivity index (χ0) is 27.9. The number of likely N-dealkylation sites (tertiary alicyclic amines) is 1. The molecule has 0 aromatic rings. The number of imide groups is 1. The van der Waals surface area contributed by atoms with Crippen LogP contribution in [0.15, 0.2) is 12.7 Å². The van der Waals surface area contributed by atoms with Crippen molar-refractivity contribution in [2.24, 2.45) is 5.92 Å². The summed E-state index contributed by atoms with van der Waals surface area (Å²) < 4.78 is 0. The first kappa shape index (κ1) is 27.9. The average Bonchev–Trinajstić information content (AvgIpc) is 3.34. The Labute approximate surface area is 226 Å². The van der Waals surface area contributed by atoms with Crippen molar-refractivity contribution in [1.82, 2.24) is 29.8 Å². The van der Waals surface area contributed by atoms with E-state index in [1.165, 1.54) is 11.0 Å². The van der Waals surface area contributed by atoms with Crippen molar-refractivity contribution in [2.45, 2.75) is 57.0 Å². The minimum absolute atomic E-state index is 0.116. The first-order valence-electron chi connectivity index (χ1n) is 12.7. The molecule has 5 atom stereocenters. The lowest BCUT2D eigenvalue weighted by Gasteiger charge is -2.56. The van der Waals surface area contributed by atoms with E-state index in [1.54, 1.807) is 4.90 Å². The molecule has 0 spiro atoms. The first-order chi connectivity index (χ1) is 18.0. The smallest absolute Gasteiger partial charge is 0.323 e. The second-order valence-corrected chi connectivity index (χ2v) is 10.7. The fraction of sp³-hybridized carbons (Fsp3) is 0.667. The number of carbonyl (C=O) groups is 5. The highest BCUT2D eigenvalue weighted by Crippen LogP contribution is 2.31. The van der Waals surface area contributed by atoms with Crippen LogP contribution >= 0.6 is 12.2 Å². The van der Waals surface area contributed by atoms with Crippen LogP contribution in [0.25, 0.3) is 0 Å². The molecule has 0 aromatic heterocycles. The Hall–Kier alpha value is -3.10. The number of aliphatic hydroxyl groups excluding tert-OH is 1. The summed E-state index contributed by atoms with van der Waals surface area (Å²) in [5.41, 5.74) is 0. The molecule has 4 rings (SSSR count). The van der Waals surface area contributed by atoms with Gasteiger partial charge in [0.25, 0.3) is 0 Å². The van der Waals surface area contributed by atoms with Gasteiger partial charge in [-0.2, -0.15) is 0 Å². The number of aliphatic hydroxyl groups is 1. The summed E-state index contributed by atoms with van der Waals surface area (Å²) >= 11 is 5.85. The van der Waals surface area contributed by atoms with Gasteiger partial charge < -0.3 is 29.8 Å². The second kappa shape index (κ2) is 10.9. The van der Waals surface area contributed by atoms with Crippen LogP contribution in [0.2, 0.25) is 0 Å². The van der Waals surface area contributed by atoms with Gasteiger partial charge in [0.1, 0.15) is 24.8 Å². The number of carboxylic acid groups (broad SMARTS) is 1. The van der Waals surface area contributed by atoms with E-state index >= 15 is 0 Å². The highest BCUT2D eigenvalue weighted by molar-refractivity contribution is 7.80. The lowest BCUT2D eigenvalue weighted by Crippen LogP contribution is -2.78. The quantitative estimate of drug-likeness (QED) is 0.192. The summed E-state index contributed by atoms with van der Waals surface area (Å²) in [5, 5.41) is 22.5. The maximum Gasteiger partial charge on any atom is 0.323 e. The molecule has 4 aliphatic rings. The normalized spacial score (nSPS) is 30.3. The van der Waals surface area contributed by atoms with Crippen LogP contribution in [0.4, 0.5) is 0 Å². The van der Waals surface area contributed by atoms with Crippen molar-refractivity contribution in [1.29, 1.82) is 0 Å². The van der Waals surface area contributed by atoms with Crippen LogP contribution in [0.5, 0.6) is 0 Å². The van der Waals surface area contributed by atoms with Crippen molar-refractivity contribution in [3.05, 3.63) is 12.7 Å². The van der Waals surface area contributed by atoms with E-state index in [2.05, 4.69) is 11.9 Å². The molecule has 208 valence electrons. The number of hydrogen-bond acceptors (Lipinski definition) is 8. The molecular weight excluding hydrogens is 516 g/mol. The van der Waals surface area contributed by atoms with Gasteiger partial charge in [0.15, 0.2) is 5.11 Å². The highest BCUT2D eigenvalue weighted by atomic mass is 32.1. The van der Waals surface area contributed by atoms with Crippen molar-refractivity contribution in [2.75, 3.05) is 39.3 Å². The number of aliphatic carboxylic acids is 1. The van der Waals surface area contributed by atoms with Crippen LogP contribution in [-0.2, 0) is 24.0 Å². The lowest BCUT2D eigenvalue weighted by atomic mass is 9.96. The van der Waals surface area contributed by atoms with Crippen molar-refractivity contribution in [3.63, 3.8) is 0 Å². The monoisotopic (exact) mass is 550 g/mol. The third-order valence-corrected chi connectivity index (χ3v) is 8.16. The fourth-order valence-electron chi connectivity index (χ4n) is 5.81. The van der Waals surface area contributed by atoms with Crippen molar-refractivity contribution in [3.8, 4) is 0 Å². The number of thiocarbonyl (C=S) groups is 1. The SMILES string of the molecule is C=C[C@@H]1C(=O)N(CC(=O)O)CC2N(C(=S)N3CCCC3CO)C[C@@H](N3C(=O)CNC(C(C)C)C3=O)C(=O)N21. The molecule has 4 amide bonds. The number of nitrogens with one attached hydrogen (secondary N) is 1. The molecule has 14 heteroatoms. The highest BCUT2D eigenvalue weighted by Gasteiger charge is 2.55. The van der Waals surface area contributed by atoms with E-state index in [0.29, 0.717) is 18.1 Å². The van der Waals surface area contributed by atoms with E-state index in [4.69, 9.17) is 12.2 Å². The van der Waals surface area contributed by atoms with Gasteiger partial charge in [-0.25, -0.2) is 0 Å². The van der Waals surface area contributed by atoms with E-state index in [-0.39, 0.29) is 38.2 Å². The molecule has 0 aliphatic carbocycles. The topological polar surface area (TPSA) is 154 Å². The molecule has 4 saturated heterocycles. The largest absolute Gasteiger partial charge is 0.480 e. The third kappa shape index (κ3) is 4.76. The zero-order valence-electron chi connectivity index (χ0n) is 21.5. The standard InChI is InChI=1S/C24H34N6O7S/c1-4-15-21(35)26(11-19(33)34)10-17-28(24(38)27-7-5-6-14(27)12-31)9-16(22(36)29(15)17)30-18(32)8-25-20(13(2)3)23(30)37/h4,13-17,20,25,31H,1,5-12H2,2-3H3,(H,33,34)/t14?,15-,16-,17?,20?/m1/s1. The maximum absolute atomic E-state index is 14.0. The van der Waals surface area contributed by atoms with Crippen molar-refractivity contribution >= 4 is 46.9 Å². The van der Waals surface area contributed by atoms with Crippen LogP contribution in [0, 0.1) is 5.92 Å². The molecule has 4 aliphatic heterocycles. The van der Waals surface area contributed by atoms with Crippen LogP contribution in [0.1, 0.15) is 26.7 Å². The summed E-state index contributed by atoms with van der Waals surface area (Å²) in [7, 11) is 0. The zero-order valence-corrected chi connectivity index (χ0v) is 22.3. The van der Waals surface area contributed by atoms with Gasteiger partial charge in [0.05, 0.1) is 38.3 Å². The summed E-state index contributed by atoms with van der Waals surface area (Å²) in [6.45, 7) is 6.86.